The van der Waals surface area contributed by atoms with Crippen molar-refractivity contribution in [3.05, 3.63) is 35.4 Å². The number of nitrogens with one attached hydrogen (secondary N) is 2. The average molecular weight is 239 g/mol. The first-order chi connectivity index (χ1) is 8.08. The molecule has 0 bridgehead atoms. The van der Waals surface area contributed by atoms with E-state index in [-0.39, 0.29) is 5.95 Å². The van der Waals surface area contributed by atoms with Crippen molar-refractivity contribution in [3.63, 3.8) is 0 Å². The smallest absolute Gasteiger partial charge is 0.261 e. The van der Waals surface area contributed by atoms with Gasteiger partial charge in [-0.05, 0) is 13.0 Å². The molecule has 0 saturated heterocycles. The molecule has 2 N–H and O–H groups in total. The zero-order chi connectivity index (χ0) is 12.4. The molecule has 0 aliphatic rings. The van der Waals surface area contributed by atoms with Gasteiger partial charge in [-0.1, -0.05) is 0 Å². The maximum absolute atomic E-state index is 13.2. The van der Waals surface area contributed by atoms with E-state index in [1.807, 2.05) is 0 Å². The van der Waals surface area contributed by atoms with E-state index in [0.717, 1.165) is 12.3 Å². The number of H-pyrrole nitrogens is 1. The number of hydrogen-bond acceptors (Lipinski definition) is 4. The highest BCUT2D eigenvalue weighted by Crippen LogP contribution is 2.10. The summed E-state index contributed by atoms with van der Waals surface area (Å²) in [5.41, 5.74) is -0.458. The van der Waals surface area contributed by atoms with Crippen LogP contribution in [0.5, 0.6) is 0 Å². The van der Waals surface area contributed by atoms with Crippen LogP contribution < -0.4 is 5.32 Å². The van der Waals surface area contributed by atoms with E-state index < -0.39 is 23.2 Å². The number of aromatic amines is 1. The van der Waals surface area contributed by atoms with Gasteiger partial charge >= 0.3 is 0 Å². The number of carbonyl (C=O) groups excluding carboxylic acids is 1. The second-order valence-electron chi connectivity index (χ2n) is 3.16. The highest BCUT2D eigenvalue weighted by atomic mass is 19.2. The molecule has 2 aromatic rings. The Bertz CT molecular complexity index is 568. The molecule has 0 saturated carbocycles. The standard InChI is InChI=1S/C9H7F2N5O/c1-4-13-9(16-15-4)14-8(17)5-2-3-12-7(11)6(5)10/h2-3H,1H3,(H2,13,14,15,16,17). The molecule has 0 aromatic carbocycles. The molecule has 6 nitrogen and oxygen atoms in total. The van der Waals surface area contributed by atoms with Gasteiger partial charge in [0.15, 0.2) is 5.82 Å². The fourth-order valence-electron chi connectivity index (χ4n) is 1.16. The molecule has 0 fully saturated rings. The molecular weight excluding hydrogens is 232 g/mol. The number of pyridine rings is 1. The van der Waals surface area contributed by atoms with E-state index in [1.54, 1.807) is 6.92 Å². The number of hydrogen-bond donors (Lipinski definition) is 2. The quantitative estimate of drug-likeness (QED) is 0.767. The molecule has 0 radical (unpaired) electrons. The number of aromatic nitrogens is 4. The van der Waals surface area contributed by atoms with E-state index in [2.05, 4.69) is 25.5 Å². The molecule has 0 atom stereocenters. The Morgan fingerprint density at radius 2 is 2.24 bits per heavy atom. The molecule has 2 aromatic heterocycles. The minimum Gasteiger partial charge on any atom is -0.289 e. The van der Waals surface area contributed by atoms with Crippen molar-refractivity contribution in [3.8, 4) is 0 Å². The van der Waals surface area contributed by atoms with E-state index in [1.165, 1.54) is 0 Å². The third kappa shape index (κ3) is 2.25. The molecule has 0 spiro atoms. The van der Waals surface area contributed by atoms with E-state index in [0.29, 0.717) is 5.82 Å². The average Bonchev–Trinajstić information content (AvgIpc) is 2.68. The van der Waals surface area contributed by atoms with E-state index in [4.69, 9.17) is 0 Å². The van der Waals surface area contributed by atoms with Gasteiger partial charge in [0.05, 0.1) is 5.56 Å². The molecule has 1 amide bonds. The predicted octanol–water partition coefficient (Wildman–Crippen LogP) is 1.04. The Kier molecular flexibility index (Phi) is 2.77. The van der Waals surface area contributed by atoms with Crippen molar-refractivity contribution in [1.82, 2.24) is 20.2 Å². The largest absolute Gasteiger partial charge is 0.289 e. The minimum atomic E-state index is -1.33. The van der Waals surface area contributed by atoms with Crippen molar-refractivity contribution < 1.29 is 13.6 Å². The van der Waals surface area contributed by atoms with Crippen molar-refractivity contribution in [2.75, 3.05) is 5.32 Å². The number of carbonyl (C=O) groups is 1. The van der Waals surface area contributed by atoms with Crippen molar-refractivity contribution in [2.24, 2.45) is 0 Å². The number of aryl methyl sites for hydroxylation is 1. The van der Waals surface area contributed by atoms with Crippen LogP contribution in [0.3, 0.4) is 0 Å². The second kappa shape index (κ2) is 4.24. The van der Waals surface area contributed by atoms with Crippen LogP contribution in [0.15, 0.2) is 12.3 Å². The van der Waals surface area contributed by atoms with Crippen LogP contribution in [-0.2, 0) is 0 Å². The first-order valence-corrected chi connectivity index (χ1v) is 4.58. The Morgan fingerprint density at radius 1 is 1.47 bits per heavy atom. The summed E-state index contributed by atoms with van der Waals surface area (Å²) in [4.78, 5) is 18.4. The summed E-state index contributed by atoms with van der Waals surface area (Å²) in [5, 5.41) is 8.35. The van der Waals surface area contributed by atoms with Gasteiger partial charge in [0.2, 0.25) is 11.9 Å². The van der Waals surface area contributed by atoms with Gasteiger partial charge in [-0.2, -0.15) is 9.37 Å². The molecule has 8 heteroatoms. The van der Waals surface area contributed by atoms with Gasteiger partial charge in [-0.3, -0.25) is 15.2 Å². The Hall–Kier alpha value is -2.38. The highest BCUT2D eigenvalue weighted by molar-refractivity contribution is 6.03. The van der Waals surface area contributed by atoms with Crippen LogP contribution in [0.25, 0.3) is 0 Å². The van der Waals surface area contributed by atoms with Crippen LogP contribution in [-0.4, -0.2) is 26.1 Å². The summed E-state index contributed by atoms with van der Waals surface area (Å²) in [6.07, 6.45) is 0.997. The maximum Gasteiger partial charge on any atom is 0.261 e. The normalized spacial score (nSPS) is 10.3. The highest BCUT2D eigenvalue weighted by Gasteiger charge is 2.17. The third-order valence-electron chi connectivity index (χ3n) is 1.91. The van der Waals surface area contributed by atoms with Crippen molar-refractivity contribution in [2.45, 2.75) is 6.92 Å². The van der Waals surface area contributed by atoms with Gasteiger partial charge in [-0.25, -0.2) is 9.37 Å². The summed E-state index contributed by atoms with van der Waals surface area (Å²) in [5.74, 6) is -3.00. The second-order valence-corrected chi connectivity index (χ2v) is 3.16. The van der Waals surface area contributed by atoms with Gasteiger partial charge in [0.1, 0.15) is 5.82 Å². The molecule has 88 valence electrons. The van der Waals surface area contributed by atoms with Gasteiger partial charge in [0, 0.05) is 6.20 Å². The Labute approximate surface area is 94.1 Å². The number of rotatable bonds is 2. The molecule has 2 heterocycles. The summed E-state index contributed by atoms with van der Waals surface area (Å²) in [7, 11) is 0. The summed E-state index contributed by atoms with van der Waals surface area (Å²) in [6, 6.07) is 1.06. The Morgan fingerprint density at radius 3 is 2.88 bits per heavy atom. The van der Waals surface area contributed by atoms with Crippen LogP contribution in [0.4, 0.5) is 14.7 Å². The van der Waals surface area contributed by atoms with Crippen molar-refractivity contribution >= 4 is 11.9 Å². The molecule has 0 aliphatic heterocycles. The molecule has 0 aliphatic carbocycles. The topological polar surface area (TPSA) is 83.6 Å². The van der Waals surface area contributed by atoms with Crippen LogP contribution in [0.2, 0.25) is 0 Å². The lowest BCUT2D eigenvalue weighted by Gasteiger charge is -2.02. The van der Waals surface area contributed by atoms with Gasteiger partial charge in [-0.15, -0.1) is 5.10 Å². The minimum absolute atomic E-state index is 0.0101. The SMILES string of the molecule is Cc1nc(NC(=O)c2ccnc(F)c2F)n[nH]1. The monoisotopic (exact) mass is 239 g/mol. The van der Waals surface area contributed by atoms with E-state index >= 15 is 0 Å². The zero-order valence-electron chi connectivity index (χ0n) is 8.66. The van der Waals surface area contributed by atoms with Crippen LogP contribution >= 0.6 is 0 Å². The van der Waals surface area contributed by atoms with Gasteiger partial charge < -0.3 is 0 Å². The van der Waals surface area contributed by atoms with Gasteiger partial charge in [0.25, 0.3) is 5.91 Å². The molecule has 17 heavy (non-hydrogen) atoms. The molecular formula is C9H7F2N5O. The maximum atomic E-state index is 13.2. The first-order valence-electron chi connectivity index (χ1n) is 4.58. The van der Waals surface area contributed by atoms with E-state index in [9.17, 15) is 13.6 Å². The lowest BCUT2D eigenvalue weighted by molar-refractivity contribution is 0.102. The lowest BCUT2D eigenvalue weighted by atomic mass is 10.2. The third-order valence-corrected chi connectivity index (χ3v) is 1.91. The zero-order valence-corrected chi connectivity index (χ0v) is 8.66. The number of anilines is 1. The fourth-order valence-corrected chi connectivity index (χ4v) is 1.16. The fraction of sp³-hybridized carbons (Fsp3) is 0.111. The number of nitrogens with zero attached hydrogens (tertiary/aromatic N) is 3. The number of halogens is 2. The summed E-state index contributed by atoms with van der Waals surface area (Å²) >= 11 is 0. The van der Waals surface area contributed by atoms with Crippen LogP contribution in [0.1, 0.15) is 16.2 Å². The summed E-state index contributed by atoms with van der Waals surface area (Å²) < 4.78 is 26.0. The first kappa shape index (κ1) is 11.1. The molecule has 2 rings (SSSR count). The lowest BCUT2D eigenvalue weighted by Crippen LogP contribution is -2.16. The summed E-state index contributed by atoms with van der Waals surface area (Å²) in [6.45, 7) is 1.63. The predicted molar refractivity (Wildman–Crippen MR) is 53.2 cm³/mol. The van der Waals surface area contributed by atoms with Crippen LogP contribution in [0, 0.1) is 18.7 Å². The van der Waals surface area contributed by atoms with Crippen molar-refractivity contribution in [1.29, 1.82) is 0 Å². The molecule has 0 unspecified atom stereocenters. The Balaban J connectivity index is 2.23. The number of amides is 1.